The molecular weight excluding hydrogens is 340 g/mol. The fourth-order valence-electron chi connectivity index (χ4n) is 2.66. The van der Waals surface area contributed by atoms with Gasteiger partial charge in [0.1, 0.15) is 0 Å². The number of carboxylic acid groups (broad SMARTS) is 1. The van der Waals surface area contributed by atoms with Crippen LogP contribution in [0.15, 0.2) is 30.5 Å². The molecule has 0 aliphatic heterocycles. The molecule has 134 valence electrons. The second kappa shape index (κ2) is 8.20. The normalized spacial score (nSPS) is 13.4. The van der Waals surface area contributed by atoms with E-state index in [0.717, 1.165) is 22.7 Å². The summed E-state index contributed by atoms with van der Waals surface area (Å²) in [6.45, 7) is 5.15. The monoisotopic (exact) mass is 362 g/mol. The average molecular weight is 362 g/mol. The summed E-state index contributed by atoms with van der Waals surface area (Å²) in [4.78, 5) is 34.6. The topological polar surface area (TPSA) is 88.4 Å². The van der Waals surface area contributed by atoms with Crippen LogP contribution in [0.4, 0.5) is 4.79 Å². The highest BCUT2D eigenvalue weighted by atomic mass is 32.2. The Morgan fingerprint density at radius 3 is 2.56 bits per heavy atom. The SMILES string of the molecule is CC(=O)SCC(C)C(=O)N[C@H](C)Cc1cn(C(=O)O)c2ccccc12. The Labute approximate surface area is 150 Å². The number of fused-ring (bicyclic) bond motifs is 1. The maximum Gasteiger partial charge on any atom is 0.416 e. The summed E-state index contributed by atoms with van der Waals surface area (Å²) in [6, 6.07) is 7.15. The Balaban J connectivity index is 2.07. The molecule has 2 aromatic rings. The third kappa shape index (κ3) is 4.85. The van der Waals surface area contributed by atoms with Crippen LogP contribution in [-0.4, -0.2) is 38.6 Å². The zero-order chi connectivity index (χ0) is 18.6. The second-order valence-electron chi connectivity index (χ2n) is 6.14. The largest absolute Gasteiger partial charge is 0.464 e. The fraction of sp³-hybridized carbons (Fsp3) is 0.389. The number of amides is 1. The van der Waals surface area contributed by atoms with Gasteiger partial charge >= 0.3 is 6.09 Å². The van der Waals surface area contributed by atoms with Gasteiger partial charge in [0.2, 0.25) is 5.91 Å². The number of carbonyl (C=O) groups is 3. The lowest BCUT2D eigenvalue weighted by molar-refractivity contribution is -0.124. The first kappa shape index (κ1) is 19.1. The molecule has 2 N–H and O–H groups in total. The van der Waals surface area contributed by atoms with Gasteiger partial charge in [-0.2, -0.15) is 0 Å². The number of benzene rings is 1. The Morgan fingerprint density at radius 1 is 1.24 bits per heavy atom. The van der Waals surface area contributed by atoms with Crippen molar-refractivity contribution in [1.29, 1.82) is 0 Å². The molecule has 0 fully saturated rings. The number of nitrogens with one attached hydrogen (secondary N) is 1. The van der Waals surface area contributed by atoms with E-state index in [0.29, 0.717) is 17.7 Å². The number of para-hydroxylation sites is 1. The van der Waals surface area contributed by atoms with Crippen LogP contribution in [-0.2, 0) is 16.0 Å². The van der Waals surface area contributed by atoms with Gasteiger partial charge in [-0.05, 0) is 25.0 Å². The highest BCUT2D eigenvalue weighted by molar-refractivity contribution is 8.13. The molecule has 1 aromatic heterocycles. The number of nitrogens with zero attached hydrogens (tertiary/aromatic N) is 1. The molecule has 1 unspecified atom stereocenters. The van der Waals surface area contributed by atoms with Crippen LogP contribution in [0.1, 0.15) is 26.3 Å². The first-order chi connectivity index (χ1) is 11.8. The van der Waals surface area contributed by atoms with Crippen molar-refractivity contribution < 1.29 is 19.5 Å². The maximum absolute atomic E-state index is 12.2. The molecule has 1 amide bonds. The molecule has 0 saturated carbocycles. The Bertz CT molecular complexity index is 799. The lowest BCUT2D eigenvalue weighted by Crippen LogP contribution is -2.38. The summed E-state index contributed by atoms with van der Waals surface area (Å²) in [5.74, 6) is 0.0755. The van der Waals surface area contributed by atoms with Crippen molar-refractivity contribution in [2.45, 2.75) is 33.2 Å². The molecule has 0 saturated heterocycles. The predicted molar refractivity (Wildman–Crippen MR) is 99.0 cm³/mol. The quantitative estimate of drug-likeness (QED) is 0.824. The van der Waals surface area contributed by atoms with Crippen molar-refractivity contribution in [1.82, 2.24) is 9.88 Å². The van der Waals surface area contributed by atoms with E-state index >= 15 is 0 Å². The number of hydrogen-bond acceptors (Lipinski definition) is 4. The summed E-state index contributed by atoms with van der Waals surface area (Å²) < 4.78 is 1.20. The van der Waals surface area contributed by atoms with E-state index in [4.69, 9.17) is 0 Å². The van der Waals surface area contributed by atoms with Gasteiger partial charge in [-0.3, -0.25) is 14.2 Å². The third-order valence-corrected chi connectivity index (χ3v) is 4.97. The van der Waals surface area contributed by atoms with Gasteiger partial charge < -0.3 is 10.4 Å². The number of rotatable bonds is 6. The summed E-state index contributed by atoms with van der Waals surface area (Å²) in [7, 11) is 0. The predicted octanol–water partition coefficient (Wildman–Crippen LogP) is 3.13. The van der Waals surface area contributed by atoms with Gasteiger partial charge in [-0.1, -0.05) is 36.9 Å². The van der Waals surface area contributed by atoms with Gasteiger partial charge in [0.15, 0.2) is 5.12 Å². The number of thioether (sulfide) groups is 1. The molecule has 1 aromatic carbocycles. The first-order valence-electron chi connectivity index (χ1n) is 8.05. The van der Waals surface area contributed by atoms with Crippen molar-refractivity contribution in [3.63, 3.8) is 0 Å². The Morgan fingerprint density at radius 2 is 1.92 bits per heavy atom. The van der Waals surface area contributed by atoms with Crippen LogP contribution < -0.4 is 5.32 Å². The van der Waals surface area contributed by atoms with Crippen molar-refractivity contribution in [3.8, 4) is 0 Å². The van der Waals surface area contributed by atoms with Crippen LogP contribution >= 0.6 is 11.8 Å². The summed E-state index contributed by atoms with van der Waals surface area (Å²) in [6.07, 6.45) is 1.10. The zero-order valence-corrected chi connectivity index (χ0v) is 15.3. The van der Waals surface area contributed by atoms with Crippen molar-refractivity contribution >= 4 is 39.8 Å². The minimum atomic E-state index is -1.03. The minimum Gasteiger partial charge on any atom is -0.464 e. The van der Waals surface area contributed by atoms with Crippen LogP contribution in [0, 0.1) is 5.92 Å². The Hall–Kier alpha value is -2.28. The van der Waals surface area contributed by atoms with Gasteiger partial charge in [0.25, 0.3) is 0 Å². The number of aromatic nitrogens is 1. The molecule has 0 bridgehead atoms. The highest BCUT2D eigenvalue weighted by Gasteiger charge is 2.18. The number of carbonyl (C=O) groups excluding carboxylic acids is 2. The molecule has 0 radical (unpaired) electrons. The average Bonchev–Trinajstić information content (AvgIpc) is 2.91. The molecule has 1 heterocycles. The molecule has 25 heavy (non-hydrogen) atoms. The van der Waals surface area contributed by atoms with Crippen LogP contribution in [0.3, 0.4) is 0 Å². The van der Waals surface area contributed by atoms with E-state index in [2.05, 4.69) is 5.32 Å². The molecular formula is C18H22N2O4S. The molecule has 0 spiro atoms. The van der Waals surface area contributed by atoms with E-state index < -0.39 is 6.09 Å². The molecule has 2 atom stereocenters. The van der Waals surface area contributed by atoms with E-state index in [-0.39, 0.29) is 23.0 Å². The lowest BCUT2D eigenvalue weighted by atomic mass is 10.1. The van der Waals surface area contributed by atoms with E-state index in [1.807, 2.05) is 19.1 Å². The minimum absolute atomic E-state index is 0.00539. The lowest BCUT2D eigenvalue weighted by Gasteiger charge is -2.17. The van der Waals surface area contributed by atoms with Crippen molar-refractivity contribution in [2.24, 2.45) is 5.92 Å². The smallest absolute Gasteiger partial charge is 0.416 e. The van der Waals surface area contributed by atoms with E-state index in [1.165, 1.54) is 11.5 Å². The summed E-state index contributed by atoms with van der Waals surface area (Å²) in [5.41, 5.74) is 1.51. The van der Waals surface area contributed by atoms with Crippen LogP contribution in [0.5, 0.6) is 0 Å². The van der Waals surface area contributed by atoms with Gasteiger partial charge in [-0.25, -0.2) is 4.79 Å². The highest BCUT2D eigenvalue weighted by Crippen LogP contribution is 2.22. The summed E-state index contributed by atoms with van der Waals surface area (Å²) >= 11 is 1.14. The van der Waals surface area contributed by atoms with Crippen LogP contribution in [0.2, 0.25) is 0 Å². The zero-order valence-electron chi connectivity index (χ0n) is 14.5. The molecule has 7 heteroatoms. The van der Waals surface area contributed by atoms with Crippen molar-refractivity contribution in [3.05, 3.63) is 36.0 Å². The third-order valence-electron chi connectivity index (χ3n) is 3.90. The molecule has 0 aliphatic carbocycles. The molecule has 6 nitrogen and oxygen atoms in total. The number of hydrogen-bond donors (Lipinski definition) is 2. The standard InChI is InChI=1S/C18H22N2O4S/c1-11(10-25-13(3)21)17(22)19-12(2)8-14-9-20(18(23)24)16-7-5-4-6-15(14)16/h4-7,9,11-12H,8,10H2,1-3H3,(H,19,22)(H,23,24)/t11?,12-/m1/s1. The van der Waals surface area contributed by atoms with Crippen molar-refractivity contribution in [2.75, 3.05) is 5.75 Å². The Kier molecular flexibility index (Phi) is 6.25. The van der Waals surface area contributed by atoms with E-state index in [1.54, 1.807) is 25.3 Å². The van der Waals surface area contributed by atoms with Gasteiger partial charge in [-0.15, -0.1) is 0 Å². The fourth-order valence-corrected chi connectivity index (χ4v) is 3.29. The first-order valence-corrected chi connectivity index (χ1v) is 9.04. The maximum atomic E-state index is 12.2. The molecule has 2 rings (SSSR count). The van der Waals surface area contributed by atoms with E-state index in [9.17, 15) is 19.5 Å². The van der Waals surface area contributed by atoms with Gasteiger partial charge in [0, 0.05) is 36.2 Å². The molecule has 0 aliphatic rings. The second-order valence-corrected chi connectivity index (χ2v) is 7.34. The van der Waals surface area contributed by atoms with Crippen LogP contribution in [0.25, 0.3) is 10.9 Å². The van der Waals surface area contributed by atoms with Gasteiger partial charge in [0.05, 0.1) is 5.52 Å². The summed E-state index contributed by atoms with van der Waals surface area (Å²) in [5, 5.41) is 13.1.